The fraction of sp³-hybridized carbons (Fsp3) is 0.273. The van der Waals surface area contributed by atoms with Crippen LogP contribution in [-0.4, -0.2) is 7.11 Å². The molecule has 13 heteroatoms. The van der Waals surface area contributed by atoms with Gasteiger partial charge in [0.15, 0.2) is 0 Å². The summed E-state index contributed by atoms with van der Waals surface area (Å²) < 4.78 is 81.5. The van der Waals surface area contributed by atoms with E-state index in [1.165, 1.54) is 66.8 Å². The fourth-order valence-electron chi connectivity index (χ4n) is 6.34. The molecule has 8 aromatic rings. The fourth-order valence-corrected chi connectivity index (χ4v) is 7.81. The van der Waals surface area contributed by atoms with E-state index in [0.29, 0.717) is 16.7 Å². The van der Waals surface area contributed by atoms with Crippen LogP contribution in [0, 0.1) is 153 Å². The lowest BCUT2D eigenvalue weighted by Crippen LogP contribution is -1.92. The van der Waals surface area contributed by atoms with Crippen LogP contribution in [0.15, 0.2) is 109 Å². The van der Waals surface area contributed by atoms with Crippen molar-refractivity contribution in [2.75, 3.05) is 7.11 Å². The second kappa shape index (κ2) is 34.9. The first-order valence-electron chi connectivity index (χ1n) is 24.8. The summed E-state index contributed by atoms with van der Waals surface area (Å²) in [6, 6.07) is 33.0. The lowest BCUT2D eigenvalue weighted by atomic mass is 10.1. The van der Waals surface area contributed by atoms with Gasteiger partial charge in [0, 0.05) is 31.2 Å². The van der Waals surface area contributed by atoms with Crippen molar-refractivity contribution < 1.29 is 31.1 Å². The summed E-state index contributed by atoms with van der Waals surface area (Å²) in [4.78, 5) is 0. The van der Waals surface area contributed by atoms with Crippen LogP contribution in [0.25, 0.3) is 0 Å². The number of benzene rings is 8. The average Bonchev–Trinajstić information content (AvgIpc) is 3.38. The second-order valence-corrected chi connectivity index (χ2v) is 21.5. The first-order chi connectivity index (χ1) is 36.6. The number of halogens is 12. The maximum Gasteiger partial charge on any atom is 0.147 e. The summed E-state index contributed by atoms with van der Waals surface area (Å²) >= 11 is 34.3. The maximum absolute atomic E-state index is 12.9. The van der Waals surface area contributed by atoms with Crippen LogP contribution in [0.4, 0.5) is 26.3 Å². The van der Waals surface area contributed by atoms with Gasteiger partial charge in [-0.15, -0.1) is 0 Å². The van der Waals surface area contributed by atoms with Crippen molar-refractivity contribution in [3.05, 3.63) is 269 Å². The molecule has 0 aromatic heterocycles. The highest BCUT2D eigenvalue weighted by atomic mass is 35.5. The van der Waals surface area contributed by atoms with Crippen LogP contribution < -0.4 is 4.74 Å². The summed E-state index contributed by atoms with van der Waals surface area (Å²) in [5.74, 6) is -1.47. The molecule has 8 rings (SSSR count). The van der Waals surface area contributed by atoms with Gasteiger partial charge in [-0.25, -0.2) is 26.3 Å². The molecule has 0 bridgehead atoms. The summed E-state index contributed by atoms with van der Waals surface area (Å²) in [6.45, 7) is 31.4. The Bertz CT molecular complexity index is 2980. The van der Waals surface area contributed by atoms with Gasteiger partial charge in [0.2, 0.25) is 0 Å². The predicted octanol–water partition coefficient (Wildman–Crippen LogP) is 23.5. The molecule has 0 aliphatic heterocycles. The third-order valence-electron chi connectivity index (χ3n) is 11.9. The van der Waals surface area contributed by atoms with E-state index in [2.05, 4.69) is 58.0 Å². The molecule has 8 aromatic carbocycles. The molecule has 0 heterocycles. The van der Waals surface area contributed by atoms with Crippen molar-refractivity contribution in [2.45, 2.75) is 118 Å². The molecule has 0 aliphatic carbocycles. The molecule has 0 fully saturated rings. The SMILES string of the molecule is COc1cc(C)ccc1C.Cc1cc(Cl)c(C)c(Cl)c1.Cc1cc(Cl)c(C)cc1Cl.Cc1cc(F)c(C)c(Cl)c1F.Cc1cc(F)c(C)c(F)c1Cl.Cc1ccc(C)c(C)c1.Cc1ccc(C)c(F)c1.Cc1ccc(C)c(F)c1. The standard InChI is InChI=1S/C9H12O.C9H12.2C8H8Cl2.2C8H7ClF2.2C8H9F/c1-7-4-5-8(2)9(6-7)10-3;1-7-4-5-8(2)9(3)6-7;1-5-3-8(10)6(2)4-7(5)9;1-5-3-7(9)6(2)8(10)4-5;1-4-3-6(10)5(2)7(9)8(4)11;1-4-3-6(10)5(2)8(11)7(4)9;2*1-6-3-4-7(2)8(9)5-6/h4-6H,1-3H3;4-6H,1-3H3;2*3-4H,1-2H3;2*3H,1-2H3;2*3-5H,1-2H3. The molecule has 426 valence electrons. The van der Waals surface area contributed by atoms with Gasteiger partial charge >= 0.3 is 0 Å². The molecule has 0 atom stereocenters. The van der Waals surface area contributed by atoms with E-state index in [9.17, 15) is 26.3 Å². The first-order valence-corrected chi connectivity index (χ1v) is 27.1. The van der Waals surface area contributed by atoms with E-state index in [1.807, 2.05) is 90.9 Å². The molecule has 0 saturated heterocycles. The van der Waals surface area contributed by atoms with Gasteiger partial charge in [0.25, 0.3) is 0 Å². The minimum absolute atomic E-state index is 0.00361. The highest BCUT2D eigenvalue weighted by Crippen LogP contribution is 2.27. The topological polar surface area (TPSA) is 9.23 Å². The molecular formula is C66H72Cl6F6O. The lowest BCUT2D eigenvalue weighted by Gasteiger charge is -2.03. The van der Waals surface area contributed by atoms with Crippen molar-refractivity contribution in [3.63, 3.8) is 0 Å². The minimum Gasteiger partial charge on any atom is -0.496 e. The molecule has 0 spiro atoms. The van der Waals surface area contributed by atoms with Crippen molar-refractivity contribution in [1.82, 2.24) is 0 Å². The zero-order chi connectivity index (χ0) is 60.8. The highest BCUT2D eigenvalue weighted by Gasteiger charge is 2.12. The molecule has 0 saturated carbocycles. The van der Waals surface area contributed by atoms with E-state index < -0.39 is 23.3 Å². The maximum atomic E-state index is 12.9. The Morgan fingerprint density at radius 2 is 0.646 bits per heavy atom. The van der Waals surface area contributed by atoms with Crippen molar-refractivity contribution >= 4 is 69.6 Å². The molecule has 0 amide bonds. The number of rotatable bonds is 1. The van der Waals surface area contributed by atoms with E-state index >= 15 is 0 Å². The van der Waals surface area contributed by atoms with E-state index in [-0.39, 0.29) is 38.4 Å². The number of hydrogen-bond acceptors (Lipinski definition) is 1. The van der Waals surface area contributed by atoms with Crippen LogP contribution in [0.2, 0.25) is 30.1 Å². The monoisotopic (exact) mass is 1200 g/mol. The molecule has 0 aliphatic rings. The van der Waals surface area contributed by atoms with Gasteiger partial charge in [-0.1, -0.05) is 130 Å². The van der Waals surface area contributed by atoms with Crippen LogP contribution in [0.1, 0.15) is 94.6 Å². The van der Waals surface area contributed by atoms with Gasteiger partial charge in [-0.05, 0) is 250 Å². The second-order valence-electron chi connectivity index (χ2n) is 19.1. The number of aryl methyl sites for hydroxylation is 14. The van der Waals surface area contributed by atoms with Crippen LogP contribution in [0.3, 0.4) is 0 Å². The van der Waals surface area contributed by atoms with E-state index in [1.54, 1.807) is 40.0 Å². The van der Waals surface area contributed by atoms with Gasteiger partial charge in [-0.2, -0.15) is 0 Å². The van der Waals surface area contributed by atoms with Crippen molar-refractivity contribution in [1.29, 1.82) is 0 Å². The van der Waals surface area contributed by atoms with E-state index in [4.69, 9.17) is 74.3 Å². The molecule has 1 nitrogen and oxygen atoms in total. The quantitative estimate of drug-likeness (QED) is 0.118. The first kappa shape index (κ1) is 71.9. The van der Waals surface area contributed by atoms with Gasteiger partial charge < -0.3 is 4.74 Å². The van der Waals surface area contributed by atoms with Gasteiger partial charge in [0.1, 0.15) is 40.7 Å². The zero-order valence-corrected chi connectivity index (χ0v) is 52.9. The normalized spacial score (nSPS) is 9.90. The highest BCUT2D eigenvalue weighted by molar-refractivity contribution is 6.36. The summed E-state index contributed by atoms with van der Waals surface area (Å²) in [6.07, 6.45) is 0. The molecule has 0 unspecified atom stereocenters. The Morgan fingerprint density at radius 3 is 1.03 bits per heavy atom. The molecule has 0 N–H and O–H groups in total. The molecular weight excluding hydrogens is 1140 g/mol. The van der Waals surface area contributed by atoms with Crippen LogP contribution in [-0.2, 0) is 0 Å². The Hall–Kier alpha value is -5.12. The average molecular weight is 1210 g/mol. The third kappa shape index (κ3) is 25.1. The third-order valence-corrected chi connectivity index (χ3v) is 14.4. The van der Waals surface area contributed by atoms with Crippen LogP contribution in [0.5, 0.6) is 5.75 Å². The summed E-state index contributed by atoms with van der Waals surface area (Å²) in [7, 11) is 1.70. The Balaban J connectivity index is 0.000000452. The smallest absolute Gasteiger partial charge is 0.147 e. The summed E-state index contributed by atoms with van der Waals surface area (Å²) in [5, 5.41) is 2.92. The zero-order valence-electron chi connectivity index (χ0n) is 48.3. The minimum atomic E-state index is -0.663. The Labute approximate surface area is 496 Å². The lowest BCUT2D eigenvalue weighted by molar-refractivity contribution is 0.411. The Kier molecular flexibility index (Phi) is 31.8. The van der Waals surface area contributed by atoms with Gasteiger partial charge in [-0.3, -0.25) is 0 Å². The van der Waals surface area contributed by atoms with Crippen LogP contribution >= 0.6 is 69.6 Å². The Morgan fingerprint density at radius 1 is 0.266 bits per heavy atom. The molecule has 79 heavy (non-hydrogen) atoms. The largest absolute Gasteiger partial charge is 0.496 e. The van der Waals surface area contributed by atoms with Gasteiger partial charge in [0.05, 0.1) is 17.2 Å². The van der Waals surface area contributed by atoms with Crippen molar-refractivity contribution in [2.24, 2.45) is 0 Å². The van der Waals surface area contributed by atoms with Crippen molar-refractivity contribution in [3.8, 4) is 5.75 Å². The molecule has 0 radical (unpaired) electrons. The number of ether oxygens (including phenoxy) is 1. The van der Waals surface area contributed by atoms with E-state index in [0.717, 1.165) is 65.3 Å². The predicted molar refractivity (Wildman–Crippen MR) is 328 cm³/mol. The number of hydrogen-bond donors (Lipinski definition) is 0. The number of methoxy groups -OCH3 is 1. The summed E-state index contributed by atoms with van der Waals surface area (Å²) in [5.41, 5.74) is 14.8.